The van der Waals surface area contributed by atoms with Crippen LogP contribution in [-0.2, 0) is 5.75 Å². The van der Waals surface area contributed by atoms with Crippen molar-refractivity contribution in [3.63, 3.8) is 0 Å². The van der Waals surface area contributed by atoms with Gasteiger partial charge in [-0.05, 0) is 36.1 Å². The summed E-state index contributed by atoms with van der Waals surface area (Å²) in [7, 11) is 0. The van der Waals surface area contributed by atoms with Crippen LogP contribution < -0.4 is 0 Å². The molecule has 0 radical (unpaired) electrons. The number of aromatic nitrogens is 2. The lowest BCUT2D eigenvalue weighted by Gasteiger charge is -2.06. The summed E-state index contributed by atoms with van der Waals surface area (Å²) in [6.07, 6.45) is 0. The lowest BCUT2D eigenvalue weighted by molar-refractivity contribution is 0.935. The fourth-order valence-electron chi connectivity index (χ4n) is 2.39. The van der Waals surface area contributed by atoms with Crippen molar-refractivity contribution >= 4 is 45.1 Å². The summed E-state index contributed by atoms with van der Waals surface area (Å²) in [4.78, 5) is 10.8. The maximum Gasteiger partial charge on any atom is 0.189 e. The van der Waals surface area contributed by atoms with Crippen molar-refractivity contribution in [2.24, 2.45) is 0 Å². The minimum atomic E-state index is 0.837. The molecule has 5 heteroatoms. The van der Waals surface area contributed by atoms with Gasteiger partial charge in [0, 0.05) is 10.6 Å². The van der Waals surface area contributed by atoms with Crippen LogP contribution in [0.4, 0.5) is 0 Å². The van der Waals surface area contributed by atoms with Crippen molar-refractivity contribution in [1.82, 2.24) is 9.97 Å². The van der Waals surface area contributed by atoms with E-state index in [-0.39, 0.29) is 0 Å². The molecule has 0 aliphatic carbocycles. The maximum absolute atomic E-state index is 4.83. The predicted octanol–water partition coefficient (Wildman–Crippen LogP) is 6.44. The zero-order valence-corrected chi connectivity index (χ0v) is 16.1. The van der Waals surface area contributed by atoms with Crippen LogP contribution >= 0.6 is 34.9 Å². The number of rotatable bonds is 5. The highest BCUT2D eigenvalue weighted by Crippen LogP contribution is 2.36. The molecule has 0 unspecified atom stereocenters. The lowest BCUT2D eigenvalue weighted by Crippen LogP contribution is -1.91. The highest BCUT2D eigenvalue weighted by atomic mass is 32.2. The molecular formula is C20H16N2S3. The summed E-state index contributed by atoms with van der Waals surface area (Å²) in [6, 6.07) is 21.1. The number of hydrogen-bond donors (Lipinski definition) is 0. The van der Waals surface area contributed by atoms with Gasteiger partial charge in [-0.3, -0.25) is 0 Å². The van der Waals surface area contributed by atoms with Gasteiger partial charge in [-0.2, -0.15) is 0 Å². The summed E-state index contributed by atoms with van der Waals surface area (Å²) in [5.74, 6) is 0.880. The topological polar surface area (TPSA) is 25.8 Å². The molecule has 4 aromatic rings. The highest BCUT2D eigenvalue weighted by molar-refractivity contribution is 8.00. The summed E-state index contributed by atoms with van der Waals surface area (Å²) in [5, 5.41) is 3.97. The van der Waals surface area contributed by atoms with Gasteiger partial charge in [0.15, 0.2) is 5.16 Å². The number of hydrogen-bond acceptors (Lipinski definition) is 5. The Kier molecular flexibility index (Phi) is 5.06. The van der Waals surface area contributed by atoms with Crippen LogP contribution in [0.25, 0.3) is 10.2 Å². The van der Waals surface area contributed by atoms with Gasteiger partial charge in [0.2, 0.25) is 0 Å². The average molecular weight is 381 g/mol. The molecule has 124 valence electrons. The van der Waals surface area contributed by atoms with E-state index in [1.807, 2.05) is 6.07 Å². The van der Waals surface area contributed by atoms with E-state index in [1.54, 1.807) is 34.9 Å². The molecule has 2 heterocycles. The molecule has 2 aromatic carbocycles. The van der Waals surface area contributed by atoms with Crippen LogP contribution in [0.1, 0.15) is 11.1 Å². The number of benzene rings is 2. The second kappa shape index (κ2) is 7.60. The number of thioether (sulfide) groups is 1. The van der Waals surface area contributed by atoms with E-state index in [4.69, 9.17) is 9.97 Å². The minimum absolute atomic E-state index is 0.837. The van der Waals surface area contributed by atoms with Gasteiger partial charge in [0.1, 0.15) is 5.03 Å². The monoisotopic (exact) mass is 380 g/mol. The van der Waals surface area contributed by atoms with Gasteiger partial charge >= 0.3 is 0 Å². The van der Waals surface area contributed by atoms with Crippen molar-refractivity contribution in [2.45, 2.75) is 27.8 Å². The molecule has 4 rings (SSSR count). The average Bonchev–Trinajstić information content (AvgIpc) is 3.12. The fourth-order valence-corrected chi connectivity index (χ4v) is 5.06. The smallest absolute Gasteiger partial charge is 0.189 e. The minimum Gasteiger partial charge on any atom is -0.222 e. The Labute approximate surface area is 159 Å². The molecule has 0 fully saturated rings. The van der Waals surface area contributed by atoms with Crippen LogP contribution in [-0.4, -0.2) is 9.97 Å². The molecule has 0 amide bonds. The van der Waals surface area contributed by atoms with E-state index >= 15 is 0 Å². The summed E-state index contributed by atoms with van der Waals surface area (Å²) >= 11 is 5.10. The van der Waals surface area contributed by atoms with Gasteiger partial charge in [-0.25, -0.2) is 9.97 Å². The van der Waals surface area contributed by atoms with Crippen molar-refractivity contribution in [1.29, 1.82) is 0 Å². The first kappa shape index (κ1) is 16.6. The molecule has 0 saturated heterocycles. The third-order valence-electron chi connectivity index (χ3n) is 3.70. The third-order valence-corrected chi connectivity index (χ3v) is 6.65. The maximum atomic E-state index is 4.83. The predicted molar refractivity (Wildman–Crippen MR) is 109 cm³/mol. The van der Waals surface area contributed by atoms with E-state index in [9.17, 15) is 0 Å². The Bertz CT molecular complexity index is 979. The number of aryl methyl sites for hydroxylation is 1. The standard InChI is InChI=1S/C20H16N2S3/c1-14-7-9-16(10-8-14)25-19-18-17(11-12-23-18)21-20(22-19)24-13-15-5-3-2-4-6-15/h2-12H,13H2,1H3. The first-order chi connectivity index (χ1) is 12.3. The SMILES string of the molecule is Cc1ccc(Sc2nc(SCc3ccccc3)nc3ccsc23)cc1. The van der Waals surface area contributed by atoms with Crippen LogP contribution in [0.15, 0.2) is 81.1 Å². The van der Waals surface area contributed by atoms with Crippen LogP contribution in [0.2, 0.25) is 0 Å². The van der Waals surface area contributed by atoms with Gasteiger partial charge in [0.05, 0.1) is 10.2 Å². The molecule has 25 heavy (non-hydrogen) atoms. The quantitative estimate of drug-likeness (QED) is 0.226. The Balaban J connectivity index is 1.61. The third kappa shape index (κ3) is 4.06. The second-order valence-corrected chi connectivity index (χ2v) is 8.56. The van der Waals surface area contributed by atoms with Crippen molar-refractivity contribution in [3.8, 4) is 0 Å². The van der Waals surface area contributed by atoms with E-state index in [0.29, 0.717) is 0 Å². The first-order valence-electron chi connectivity index (χ1n) is 7.94. The summed E-state index contributed by atoms with van der Waals surface area (Å²) < 4.78 is 1.16. The molecule has 0 aliphatic heterocycles. The fraction of sp³-hybridized carbons (Fsp3) is 0.100. The molecule has 2 aromatic heterocycles. The Morgan fingerprint density at radius 1 is 0.920 bits per heavy atom. The lowest BCUT2D eigenvalue weighted by atomic mass is 10.2. The molecular weight excluding hydrogens is 364 g/mol. The van der Waals surface area contributed by atoms with Gasteiger partial charge in [0.25, 0.3) is 0 Å². The van der Waals surface area contributed by atoms with Gasteiger partial charge < -0.3 is 0 Å². The molecule has 0 aliphatic rings. The highest BCUT2D eigenvalue weighted by Gasteiger charge is 2.11. The van der Waals surface area contributed by atoms with Crippen molar-refractivity contribution in [2.75, 3.05) is 0 Å². The molecule has 0 spiro atoms. The number of fused-ring (bicyclic) bond motifs is 1. The number of nitrogens with zero attached hydrogens (tertiary/aromatic N) is 2. The van der Waals surface area contributed by atoms with E-state index in [0.717, 1.165) is 26.2 Å². The molecule has 0 bridgehead atoms. The first-order valence-corrected chi connectivity index (χ1v) is 10.6. The molecule has 0 saturated carbocycles. The number of thiophene rings is 1. The van der Waals surface area contributed by atoms with Gasteiger partial charge in [-0.15, -0.1) is 11.3 Å². The van der Waals surface area contributed by atoms with E-state index < -0.39 is 0 Å². The van der Waals surface area contributed by atoms with Crippen molar-refractivity contribution in [3.05, 3.63) is 77.2 Å². The Morgan fingerprint density at radius 3 is 2.52 bits per heavy atom. The summed E-state index contributed by atoms with van der Waals surface area (Å²) in [5.41, 5.74) is 3.59. The van der Waals surface area contributed by atoms with E-state index in [2.05, 4.69) is 66.9 Å². The molecule has 0 atom stereocenters. The van der Waals surface area contributed by atoms with Crippen LogP contribution in [0.3, 0.4) is 0 Å². The second-order valence-electron chi connectivity index (χ2n) is 5.64. The summed E-state index contributed by atoms with van der Waals surface area (Å²) in [6.45, 7) is 2.11. The van der Waals surface area contributed by atoms with E-state index in [1.165, 1.54) is 16.0 Å². The molecule has 0 N–H and O–H groups in total. The zero-order valence-electron chi connectivity index (χ0n) is 13.7. The van der Waals surface area contributed by atoms with Crippen molar-refractivity contribution < 1.29 is 0 Å². The van der Waals surface area contributed by atoms with Crippen LogP contribution in [0, 0.1) is 6.92 Å². The zero-order chi connectivity index (χ0) is 17.1. The van der Waals surface area contributed by atoms with Crippen LogP contribution in [0.5, 0.6) is 0 Å². The largest absolute Gasteiger partial charge is 0.222 e. The Hall–Kier alpha value is -1.82. The van der Waals surface area contributed by atoms with Gasteiger partial charge in [-0.1, -0.05) is 71.6 Å². The normalized spacial score (nSPS) is 11.1. The molecule has 2 nitrogen and oxygen atoms in total. The Morgan fingerprint density at radius 2 is 1.72 bits per heavy atom.